The predicted octanol–water partition coefficient (Wildman–Crippen LogP) is 2.87. The number of fused-ring (bicyclic) bond motifs is 1. The average Bonchev–Trinajstić information content (AvgIpc) is 3.08. The Bertz CT molecular complexity index is 910. The molecule has 0 aliphatic carbocycles. The van der Waals surface area contributed by atoms with Crippen molar-refractivity contribution in [3.05, 3.63) is 47.0 Å². The number of benzene rings is 1. The molecule has 2 aromatic rings. The molecule has 1 atom stereocenters. The molecule has 0 saturated carbocycles. The van der Waals surface area contributed by atoms with Crippen LogP contribution in [0.4, 0.5) is 5.69 Å². The fourth-order valence-corrected chi connectivity index (χ4v) is 3.16. The maximum Gasteiger partial charge on any atom is 0.287 e. The zero-order valence-corrected chi connectivity index (χ0v) is 15.6. The van der Waals surface area contributed by atoms with Crippen LogP contribution in [-0.2, 0) is 13.0 Å². The Hall–Kier alpha value is -3.14. The van der Waals surface area contributed by atoms with Crippen LogP contribution in [0.5, 0.6) is 0 Å². The molecule has 0 saturated heterocycles. The molecule has 1 aliphatic heterocycles. The lowest BCUT2D eigenvalue weighted by Gasteiger charge is -2.18. The largest absolute Gasteiger partial charge is 0.347 e. The second-order valence-corrected chi connectivity index (χ2v) is 6.73. The third-order valence-electron chi connectivity index (χ3n) is 4.82. The van der Waals surface area contributed by atoms with E-state index in [4.69, 9.17) is 0 Å². The Labute approximate surface area is 158 Å². The van der Waals surface area contributed by atoms with Crippen LogP contribution < -0.4 is 10.6 Å². The molecule has 2 N–H and O–H groups in total. The van der Waals surface area contributed by atoms with Crippen molar-refractivity contribution in [3.63, 3.8) is 0 Å². The third kappa shape index (κ3) is 3.85. The molecular weight excluding hydrogens is 342 g/mol. The molecule has 1 aliphatic rings. The van der Waals surface area contributed by atoms with Crippen LogP contribution in [0.1, 0.15) is 65.5 Å². The molecule has 3 rings (SSSR count). The number of nitrogens with zero attached hydrogens (tertiary/aromatic N) is 3. The Morgan fingerprint density at radius 2 is 2.07 bits per heavy atom. The van der Waals surface area contributed by atoms with E-state index < -0.39 is 5.91 Å². The van der Waals surface area contributed by atoms with Gasteiger partial charge in [-0.1, -0.05) is 19.1 Å². The van der Waals surface area contributed by atoms with Crippen molar-refractivity contribution in [2.24, 2.45) is 0 Å². The number of nitrogens with one attached hydrogen (secondary N) is 2. The van der Waals surface area contributed by atoms with Gasteiger partial charge in [-0.05, 0) is 44.7 Å². The lowest BCUT2D eigenvalue weighted by Crippen LogP contribution is -2.34. The van der Waals surface area contributed by atoms with Crippen LogP contribution in [-0.4, -0.2) is 27.4 Å². The van der Waals surface area contributed by atoms with E-state index in [-0.39, 0.29) is 23.5 Å². The smallest absolute Gasteiger partial charge is 0.287 e. The monoisotopic (exact) mass is 365 g/mol. The van der Waals surface area contributed by atoms with Crippen LogP contribution in [0.25, 0.3) is 0 Å². The van der Waals surface area contributed by atoms with Crippen molar-refractivity contribution in [1.82, 2.24) is 14.9 Å². The van der Waals surface area contributed by atoms with E-state index in [1.807, 2.05) is 18.4 Å². The number of aromatic nitrogens is 2. The number of carbonyl (C=O) groups is 2. The SMILES string of the molecule is CCC(C)NC(=O)c1nc(C(=O)Nc2ccccc2C#N)c2n1CCCC2. The first-order chi connectivity index (χ1) is 13.0. The number of para-hydroxylation sites is 1. The lowest BCUT2D eigenvalue weighted by atomic mass is 10.1. The van der Waals surface area contributed by atoms with Gasteiger partial charge in [-0.3, -0.25) is 9.59 Å². The molecule has 2 heterocycles. The molecule has 0 spiro atoms. The summed E-state index contributed by atoms with van der Waals surface area (Å²) in [6.45, 7) is 4.61. The highest BCUT2D eigenvalue weighted by molar-refractivity contribution is 6.05. The zero-order chi connectivity index (χ0) is 19.4. The minimum absolute atomic E-state index is 0.0359. The first-order valence-corrected chi connectivity index (χ1v) is 9.25. The Morgan fingerprint density at radius 3 is 2.81 bits per heavy atom. The van der Waals surface area contributed by atoms with Gasteiger partial charge in [0.05, 0.1) is 16.9 Å². The highest BCUT2D eigenvalue weighted by Crippen LogP contribution is 2.23. The summed E-state index contributed by atoms with van der Waals surface area (Å²) in [5.74, 6) is -0.376. The standard InChI is InChI=1S/C20H23N5O2/c1-3-13(2)22-20(27)18-24-17(16-10-6-7-11-25(16)18)19(26)23-15-9-5-4-8-14(15)12-21/h4-5,8-9,13H,3,6-7,10-11H2,1-2H3,(H,22,27)(H,23,26). The first-order valence-electron chi connectivity index (χ1n) is 9.25. The van der Waals surface area contributed by atoms with E-state index in [9.17, 15) is 14.9 Å². The Kier molecular flexibility index (Phi) is 5.55. The van der Waals surface area contributed by atoms with E-state index in [2.05, 4.69) is 21.7 Å². The van der Waals surface area contributed by atoms with Crippen LogP contribution in [0.15, 0.2) is 24.3 Å². The molecule has 2 amide bonds. The van der Waals surface area contributed by atoms with Gasteiger partial charge in [0.15, 0.2) is 11.5 Å². The van der Waals surface area contributed by atoms with Crippen molar-refractivity contribution in [3.8, 4) is 6.07 Å². The van der Waals surface area contributed by atoms with E-state index in [1.54, 1.807) is 24.3 Å². The summed E-state index contributed by atoms with van der Waals surface area (Å²) < 4.78 is 1.85. The molecule has 0 fully saturated rings. The Morgan fingerprint density at radius 1 is 1.30 bits per heavy atom. The van der Waals surface area contributed by atoms with Gasteiger partial charge < -0.3 is 15.2 Å². The minimum atomic E-state index is -0.397. The first kappa shape index (κ1) is 18.6. The van der Waals surface area contributed by atoms with Crippen LogP contribution in [0, 0.1) is 11.3 Å². The number of hydrogen-bond acceptors (Lipinski definition) is 4. The fourth-order valence-electron chi connectivity index (χ4n) is 3.16. The number of carbonyl (C=O) groups excluding carboxylic acids is 2. The normalized spacial score (nSPS) is 14.0. The van der Waals surface area contributed by atoms with Crippen molar-refractivity contribution in [2.75, 3.05) is 5.32 Å². The molecule has 7 nitrogen and oxygen atoms in total. The van der Waals surface area contributed by atoms with Gasteiger partial charge in [-0.2, -0.15) is 5.26 Å². The van der Waals surface area contributed by atoms with Crippen LogP contribution in [0.2, 0.25) is 0 Å². The highest BCUT2D eigenvalue weighted by atomic mass is 16.2. The van der Waals surface area contributed by atoms with Crippen molar-refractivity contribution in [2.45, 2.75) is 52.1 Å². The topological polar surface area (TPSA) is 99.8 Å². The number of nitriles is 1. The maximum atomic E-state index is 12.8. The summed E-state index contributed by atoms with van der Waals surface area (Å²) in [6.07, 6.45) is 3.42. The highest BCUT2D eigenvalue weighted by Gasteiger charge is 2.28. The predicted molar refractivity (Wildman–Crippen MR) is 101 cm³/mol. The van der Waals surface area contributed by atoms with Crippen molar-refractivity contribution >= 4 is 17.5 Å². The molecule has 1 aromatic carbocycles. The van der Waals surface area contributed by atoms with E-state index in [0.717, 1.165) is 25.0 Å². The molecule has 140 valence electrons. The summed E-state index contributed by atoms with van der Waals surface area (Å²) in [4.78, 5) is 29.8. The molecule has 1 unspecified atom stereocenters. The molecule has 27 heavy (non-hydrogen) atoms. The summed E-state index contributed by atoms with van der Waals surface area (Å²) in [5.41, 5.74) is 1.86. The number of hydrogen-bond donors (Lipinski definition) is 2. The van der Waals surface area contributed by atoms with Gasteiger partial charge >= 0.3 is 0 Å². The molecule has 0 radical (unpaired) electrons. The molecule has 1 aromatic heterocycles. The van der Waals surface area contributed by atoms with Crippen LogP contribution >= 0.6 is 0 Å². The Balaban J connectivity index is 1.92. The second kappa shape index (κ2) is 8.04. The van der Waals surface area contributed by atoms with Crippen molar-refractivity contribution in [1.29, 1.82) is 5.26 Å². The number of amides is 2. The molecule has 0 bridgehead atoms. The zero-order valence-electron chi connectivity index (χ0n) is 15.6. The van der Waals surface area contributed by atoms with E-state index in [1.165, 1.54) is 0 Å². The lowest BCUT2D eigenvalue weighted by molar-refractivity contribution is 0.0923. The fraction of sp³-hybridized carbons (Fsp3) is 0.400. The maximum absolute atomic E-state index is 12.8. The van der Waals surface area contributed by atoms with Gasteiger partial charge in [0.2, 0.25) is 0 Å². The van der Waals surface area contributed by atoms with Gasteiger partial charge in [0.25, 0.3) is 11.8 Å². The third-order valence-corrected chi connectivity index (χ3v) is 4.82. The van der Waals surface area contributed by atoms with Gasteiger partial charge in [0, 0.05) is 12.6 Å². The summed E-state index contributed by atoms with van der Waals surface area (Å²) >= 11 is 0. The van der Waals surface area contributed by atoms with E-state index >= 15 is 0 Å². The quantitative estimate of drug-likeness (QED) is 0.851. The van der Waals surface area contributed by atoms with Gasteiger partial charge in [-0.15, -0.1) is 0 Å². The van der Waals surface area contributed by atoms with Gasteiger partial charge in [-0.25, -0.2) is 4.98 Å². The van der Waals surface area contributed by atoms with E-state index in [0.29, 0.717) is 24.2 Å². The minimum Gasteiger partial charge on any atom is -0.347 e. The van der Waals surface area contributed by atoms with Crippen LogP contribution in [0.3, 0.4) is 0 Å². The van der Waals surface area contributed by atoms with Gasteiger partial charge in [0.1, 0.15) is 6.07 Å². The summed E-state index contributed by atoms with van der Waals surface area (Å²) in [6, 6.07) is 8.91. The number of imidazole rings is 1. The number of rotatable bonds is 5. The average molecular weight is 365 g/mol. The van der Waals surface area contributed by atoms with Crippen molar-refractivity contribution < 1.29 is 9.59 Å². The number of anilines is 1. The summed E-state index contributed by atoms with van der Waals surface area (Å²) in [7, 11) is 0. The molecule has 7 heteroatoms. The molecular formula is C20H23N5O2. The summed E-state index contributed by atoms with van der Waals surface area (Å²) in [5, 5.41) is 14.9. The second-order valence-electron chi connectivity index (χ2n) is 6.73.